The maximum atomic E-state index is 11.6. The minimum atomic E-state index is -0.508. The second-order valence-corrected chi connectivity index (χ2v) is 6.31. The first kappa shape index (κ1) is 19.2. The largest absolute Gasteiger partial charge is 0.356 e. The van der Waals surface area contributed by atoms with E-state index in [1.165, 1.54) is 6.42 Å². The van der Waals surface area contributed by atoms with Crippen LogP contribution in [0.5, 0.6) is 0 Å². The molecule has 23 heavy (non-hydrogen) atoms. The average molecular weight is 324 g/mol. The zero-order chi connectivity index (χ0) is 17.2. The Morgan fingerprint density at radius 1 is 1.22 bits per heavy atom. The Hall–Kier alpha value is -1.85. The number of amides is 2. The minimum Gasteiger partial charge on any atom is -0.356 e. The molecule has 6 heteroatoms. The zero-order valence-corrected chi connectivity index (χ0v) is 14.2. The topological polar surface area (TPSA) is 75.7 Å². The summed E-state index contributed by atoms with van der Waals surface area (Å²) in [5.74, 6) is -0.118. The van der Waals surface area contributed by atoms with Gasteiger partial charge in [-0.2, -0.15) is 0 Å². The fourth-order valence-electron chi connectivity index (χ4n) is 2.28. The van der Waals surface area contributed by atoms with E-state index >= 15 is 0 Å². The molecule has 1 fully saturated rings. The second-order valence-electron chi connectivity index (χ2n) is 6.31. The summed E-state index contributed by atoms with van der Waals surface area (Å²) in [6.07, 6.45) is 4.90. The summed E-state index contributed by atoms with van der Waals surface area (Å²) in [6, 6.07) is 0. The van der Waals surface area contributed by atoms with Crippen molar-refractivity contribution in [3.05, 3.63) is 12.3 Å². The van der Waals surface area contributed by atoms with Crippen LogP contribution in [0.15, 0.2) is 12.3 Å². The van der Waals surface area contributed by atoms with Gasteiger partial charge in [-0.05, 0) is 25.2 Å². The van der Waals surface area contributed by atoms with Crippen LogP contribution in [0.25, 0.3) is 0 Å². The first-order valence-electron chi connectivity index (χ1n) is 8.38. The number of allylic oxidation sites excluding steroid dienone is 1. The number of hydrogen-bond donors (Lipinski definition) is 1. The molecule has 0 bridgehead atoms. The van der Waals surface area contributed by atoms with Gasteiger partial charge in [0, 0.05) is 25.8 Å². The van der Waals surface area contributed by atoms with Gasteiger partial charge in [0.2, 0.25) is 5.91 Å². The SMILES string of the molecule is C=C1CCC(=O)N1OC(=O)CCCC(=O)NCCCCC(C)C. The van der Waals surface area contributed by atoms with Crippen LogP contribution in [-0.4, -0.2) is 29.4 Å². The third-order valence-corrected chi connectivity index (χ3v) is 3.65. The summed E-state index contributed by atoms with van der Waals surface area (Å²) < 4.78 is 0. The van der Waals surface area contributed by atoms with Crippen LogP contribution in [0.4, 0.5) is 0 Å². The summed E-state index contributed by atoms with van der Waals surface area (Å²) in [4.78, 5) is 39.7. The maximum absolute atomic E-state index is 11.6. The van der Waals surface area contributed by atoms with E-state index in [0.29, 0.717) is 37.4 Å². The fourth-order valence-corrected chi connectivity index (χ4v) is 2.28. The van der Waals surface area contributed by atoms with Gasteiger partial charge >= 0.3 is 5.97 Å². The molecule has 0 aromatic carbocycles. The highest BCUT2D eigenvalue weighted by Gasteiger charge is 2.27. The molecule has 0 spiro atoms. The van der Waals surface area contributed by atoms with Crippen molar-refractivity contribution in [2.75, 3.05) is 6.54 Å². The van der Waals surface area contributed by atoms with E-state index in [2.05, 4.69) is 25.7 Å². The highest BCUT2D eigenvalue weighted by molar-refractivity contribution is 5.82. The van der Waals surface area contributed by atoms with Crippen molar-refractivity contribution < 1.29 is 19.2 Å². The van der Waals surface area contributed by atoms with E-state index in [4.69, 9.17) is 4.84 Å². The number of carbonyl (C=O) groups is 3. The lowest BCUT2D eigenvalue weighted by molar-refractivity contribution is -0.186. The van der Waals surface area contributed by atoms with Gasteiger partial charge in [-0.15, -0.1) is 5.06 Å². The molecular weight excluding hydrogens is 296 g/mol. The molecule has 2 amide bonds. The minimum absolute atomic E-state index is 0.0518. The molecule has 1 saturated heterocycles. The smallest absolute Gasteiger partial charge is 0.333 e. The molecule has 130 valence electrons. The van der Waals surface area contributed by atoms with Gasteiger partial charge in [-0.1, -0.05) is 33.3 Å². The second kappa shape index (κ2) is 10.0. The van der Waals surface area contributed by atoms with E-state index in [0.717, 1.165) is 17.9 Å². The first-order valence-corrected chi connectivity index (χ1v) is 8.38. The van der Waals surface area contributed by atoms with Crippen molar-refractivity contribution >= 4 is 17.8 Å². The number of unbranched alkanes of at least 4 members (excludes halogenated alkanes) is 1. The van der Waals surface area contributed by atoms with Crippen molar-refractivity contribution in [3.8, 4) is 0 Å². The Labute approximate surface area is 138 Å². The van der Waals surface area contributed by atoms with Crippen LogP contribution in [0.3, 0.4) is 0 Å². The molecule has 0 radical (unpaired) electrons. The van der Waals surface area contributed by atoms with Gasteiger partial charge in [0.05, 0.1) is 5.70 Å². The Kier molecular flexibility index (Phi) is 8.37. The number of rotatable bonds is 10. The lowest BCUT2D eigenvalue weighted by atomic mass is 10.1. The quantitative estimate of drug-likeness (QED) is 0.627. The van der Waals surface area contributed by atoms with Crippen LogP contribution in [0.1, 0.15) is 65.2 Å². The normalized spacial score (nSPS) is 14.5. The molecule has 1 aliphatic heterocycles. The van der Waals surface area contributed by atoms with Crippen LogP contribution < -0.4 is 5.32 Å². The van der Waals surface area contributed by atoms with Crippen LogP contribution in [-0.2, 0) is 19.2 Å². The molecule has 0 atom stereocenters. The first-order chi connectivity index (χ1) is 10.9. The van der Waals surface area contributed by atoms with E-state index < -0.39 is 5.97 Å². The summed E-state index contributed by atoms with van der Waals surface area (Å²) in [5.41, 5.74) is 0.502. The highest BCUT2D eigenvalue weighted by atomic mass is 16.7. The monoisotopic (exact) mass is 324 g/mol. The number of nitrogens with zero attached hydrogens (tertiary/aromatic N) is 1. The molecule has 0 aromatic rings. The van der Waals surface area contributed by atoms with Crippen molar-refractivity contribution in [2.45, 2.75) is 65.2 Å². The van der Waals surface area contributed by atoms with E-state index in [9.17, 15) is 14.4 Å². The van der Waals surface area contributed by atoms with Gasteiger partial charge < -0.3 is 10.2 Å². The number of carbonyl (C=O) groups excluding carboxylic acids is 3. The Morgan fingerprint density at radius 2 is 1.96 bits per heavy atom. The number of hydrogen-bond acceptors (Lipinski definition) is 4. The van der Waals surface area contributed by atoms with Gasteiger partial charge in [0.1, 0.15) is 0 Å². The maximum Gasteiger partial charge on any atom is 0.333 e. The summed E-state index contributed by atoms with van der Waals surface area (Å²) >= 11 is 0. The van der Waals surface area contributed by atoms with Crippen molar-refractivity contribution in [2.24, 2.45) is 5.92 Å². The third-order valence-electron chi connectivity index (χ3n) is 3.65. The Morgan fingerprint density at radius 3 is 2.57 bits per heavy atom. The molecule has 6 nitrogen and oxygen atoms in total. The lowest BCUT2D eigenvalue weighted by Gasteiger charge is -2.15. The number of nitrogens with one attached hydrogen (secondary N) is 1. The number of hydroxylamine groups is 2. The molecule has 1 rings (SSSR count). The summed E-state index contributed by atoms with van der Waals surface area (Å²) in [5, 5.41) is 3.82. The molecule has 1 heterocycles. The predicted molar refractivity (Wildman–Crippen MR) is 86.9 cm³/mol. The average Bonchev–Trinajstić information content (AvgIpc) is 2.78. The van der Waals surface area contributed by atoms with Crippen LogP contribution in [0, 0.1) is 5.92 Å². The highest BCUT2D eigenvalue weighted by Crippen LogP contribution is 2.21. The van der Waals surface area contributed by atoms with Gasteiger partial charge in [-0.3, -0.25) is 9.59 Å². The zero-order valence-electron chi connectivity index (χ0n) is 14.2. The Bertz CT molecular complexity index is 430. The fraction of sp³-hybridized carbons (Fsp3) is 0.706. The van der Waals surface area contributed by atoms with E-state index in [1.54, 1.807) is 0 Å². The van der Waals surface area contributed by atoms with Crippen molar-refractivity contribution in [3.63, 3.8) is 0 Å². The van der Waals surface area contributed by atoms with Crippen LogP contribution >= 0.6 is 0 Å². The molecule has 1 N–H and O–H groups in total. The van der Waals surface area contributed by atoms with E-state index in [-0.39, 0.29) is 24.7 Å². The predicted octanol–water partition coefficient (Wildman–Crippen LogP) is 2.69. The molecular formula is C17H28N2O4. The molecule has 1 aliphatic rings. The summed E-state index contributed by atoms with van der Waals surface area (Å²) in [6.45, 7) is 8.72. The van der Waals surface area contributed by atoms with Crippen LogP contribution in [0.2, 0.25) is 0 Å². The Balaban J connectivity index is 2.06. The van der Waals surface area contributed by atoms with E-state index in [1.807, 2.05) is 0 Å². The molecule has 0 aromatic heterocycles. The molecule has 0 saturated carbocycles. The van der Waals surface area contributed by atoms with Gasteiger partial charge in [0.15, 0.2) is 0 Å². The summed E-state index contributed by atoms with van der Waals surface area (Å²) in [7, 11) is 0. The van der Waals surface area contributed by atoms with Gasteiger partial charge in [0.25, 0.3) is 5.91 Å². The van der Waals surface area contributed by atoms with Crippen molar-refractivity contribution in [1.82, 2.24) is 10.4 Å². The van der Waals surface area contributed by atoms with Crippen molar-refractivity contribution in [1.29, 1.82) is 0 Å². The standard InChI is InChI=1S/C17H28N2O4/c1-13(2)7-4-5-12-18-15(20)8-6-9-17(22)23-19-14(3)10-11-16(19)21/h13H,3-12H2,1-2H3,(H,18,20). The third kappa shape index (κ3) is 7.81. The molecule has 0 aliphatic carbocycles. The lowest BCUT2D eigenvalue weighted by Crippen LogP contribution is -2.27. The molecule has 0 unspecified atom stereocenters. The van der Waals surface area contributed by atoms with Gasteiger partial charge in [-0.25, -0.2) is 4.79 Å².